The van der Waals surface area contributed by atoms with Gasteiger partial charge in [0.2, 0.25) is 0 Å². The van der Waals surface area contributed by atoms with Crippen LogP contribution in [0.15, 0.2) is 0 Å². The Bertz CT molecular complexity index is 89.0. The lowest BCUT2D eigenvalue weighted by atomic mass is 9.74. The van der Waals surface area contributed by atoms with E-state index >= 15 is 0 Å². The van der Waals surface area contributed by atoms with Gasteiger partial charge < -0.3 is 0 Å². The minimum Gasteiger partial charge on any atom is -0.0697 e. The van der Waals surface area contributed by atoms with Crippen molar-refractivity contribution in [2.45, 2.75) is 65.1 Å². The van der Waals surface area contributed by atoms with Gasteiger partial charge in [0.25, 0.3) is 0 Å². The van der Waals surface area contributed by atoms with Gasteiger partial charge in [0.05, 0.1) is 0 Å². The summed E-state index contributed by atoms with van der Waals surface area (Å²) in [6.07, 6.45) is 8.47. The first kappa shape index (κ1) is 12.1. The molecule has 12 heavy (non-hydrogen) atoms. The molecule has 0 aliphatic rings. The summed E-state index contributed by atoms with van der Waals surface area (Å²) in [7, 11) is 2.37. The Balaban J connectivity index is 3.49. The first-order chi connectivity index (χ1) is 5.72. The van der Waals surface area contributed by atoms with E-state index in [1.165, 1.54) is 38.5 Å². The fourth-order valence-corrected chi connectivity index (χ4v) is 1.84. The highest BCUT2D eigenvalue weighted by Crippen LogP contribution is 2.25. The van der Waals surface area contributed by atoms with E-state index in [9.17, 15) is 0 Å². The monoisotopic (exact) mass is 168 g/mol. The van der Waals surface area contributed by atoms with Gasteiger partial charge in [-0.1, -0.05) is 65.1 Å². The molecular weight excluding hydrogens is 143 g/mol. The summed E-state index contributed by atoms with van der Waals surface area (Å²) in [5, 5.41) is 0. The minimum absolute atomic E-state index is 0.891. The predicted octanol–water partition coefficient (Wildman–Crippen LogP) is 3.42. The number of unbranched alkanes of at least 4 members (excludes halogenated alkanes) is 2. The molecule has 0 radical (unpaired) electrons. The van der Waals surface area contributed by atoms with E-state index in [0.29, 0.717) is 0 Å². The topological polar surface area (TPSA) is 0 Å². The molecule has 0 aromatic carbocycles. The third-order valence-corrected chi connectivity index (χ3v) is 2.78. The van der Waals surface area contributed by atoms with Crippen molar-refractivity contribution in [1.29, 1.82) is 0 Å². The Morgan fingerprint density at radius 2 is 1.67 bits per heavy atom. The van der Waals surface area contributed by atoms with Crippen LogP contribution < -0.4 is 0 Å². The highest BCUT2D eigenvalue weighted by molar-refractivity contribution is 6.11. The maximum atomic E-state index is 2.37. The van der Waals surface area contributed by atoms with Crippen LogP contribution >= 0.6 is 0 Å². The summed E-state index contributed by atoms with van der Waals surface area (Å²) in [4.78, 5) is 0. The predicted molar refractivity (Wildman–Crippen MR) is 60.5 cm³/mol. The van der Waals surface area contributed by atoms with Gasteiger partial charge in [0.1, 0.15) is 7.85 Å². The minimum atomic E-state index is 0.891. The summed E-state index contributed by atoms with van der Waals surface area (Å²) in [5.41, 5.74) is 0. The zero-order chi connectivity index (χ0) is 9.40. The maximum absolute atomic E-state index is 2.37. The van der Waals surface area contributed by atoms with Gasteiger partial charge in [-0.05, 0) is 5.92 Å². The van der Waals surface area contributed by atoms with Crippen molar-refractivity contribution in [2.75, 3.05) is 0 Å². The lowest BCUT2D eigenvalue weighted by Crippen LogP contribution is -2.06. The second kappa shape index (κ2) is 7.70. The molecule has 0 saturated carbocycles. The molecule has 0 N–H and O–H groups in total. The second-order valence-electron chi connectivity index (χ2n) is 4.29. The van der Waals surface area contributed by atoms with Gasteiger partial charge in [0, 0.05) is 0 Å². The quantitative estimate of drug-likeness (QED) is 0.403. The molecule has 0 heterocycles. The molecule has 0 fully saturated rings. The van der Waals surface area contributed by atoms with E-state index in [1.807, 2.05) is 0 Å². The van der Waals surface area contributed by atoms with Gasteiger partial charge >= 0.3 is 0 Å². The summed E-state index contributed by atoms with van der Waals surface area (Å²) in [6.45, 7) is 6.95. The van der Waals surface area contributed by atoms with Crippen LogP contribution in [0.5, 0.6) is 0 Å². The fraction of sp³-hybridized carbons (Fsp3) is 1.00. The Morgan fingerprint density at radius 3 is 2.08 bits per heavy atom. The molecule has 1 heteroatoms. The maximum Gasteiger partial charge on any atom is 0.105 e. The smallest absolute Gasteiger partial charge is 0.0697 e. The molecule has 2 atom stereocenters. The lowest BCUT2D eigenvalue weighted by molar-refractivity contribution is 0.413. The molecule has 0 nitrogen and oxygen atoms in total. The van der Waals surface area contributed by atoms with Crippen LogP contribution in [0.1, 0.15) is 59.3 Å². The molecule has 0 aromatic rings. The summed E-state index contributed by atoms with van der Waals surface area (Å²) in [6, 6.07) is 0. The Morgan fingerprint density at radius 1 is 1.00 bits per heavy atom. The fourth-order valence-electron chi connectivity index (χ4n) is 1.84. The van der Waals surface area contributed by atoms with Gasteiger partial charge in [-0.2, -0.15) is 0 Å². The number of rotatable bonds is 7. The molecular formula is C11H25B. The average Bonchev–Trinajstić information content (AvgIpc) is 2.03. The van der Waals surface area contributed by atoms with Crippen molar-refractivity contribution < 1.29 is 0 Å². The Kier molecular flexibility index (Phi) is 7.74. The first-order valence-corrected chi connectivity index (χ1v) is 5.72. The standard InChI is InChI=1S/C11H25B/c1-4-6-7-9-11(8-5-2)10(3)12/h10-11H,4-9,12H2,1-3H3. The molecule has 0 spiro atoms. The Hall–Kier alpha value is 0.0649. The zero-order valence-corrected chi connectivity index (χ0v) is 9.40. The third-order valence-electron chi connectivity index (χ3n) is 2.78. The van der Waals surface area contributed by atoms with Gasteiger partial charge in [-0.15, -0.1) is 0 Å². The summed E-state index contributed by atoms with van der Waals surface area (Å²) < 4.78 is 0. The molecule has 0 amide bonds. The van der Waals surface area contributed by atoms with Crippen molar-refractivity contribution in [3.8, 4) is 0 Å². The molecule has 0 aliphatic heterocycles. The van der Waals surface area contributed by atoms with E-state index in [2.05, 4.69) is 28.6 Å². The van der Waals surface area contributed by atoms with Gasteiger partial charge in [0.15, 0.2) is 0 Å². The molecule has 72 valence electrons. The second-order valence-corrected chi connectivity index (χ2v) is 4.29. The zero-order valence-electron chi connectivity index (χ0n) is 9.40. The molecule has 2 unspecified atom stereocenters. The highest BCUT2D eigenvalue weighted by atomic mass is 14.1. The van der Waals surface area contributed by atoms with Crippen LogP contribution in [-0.2, 0) is 0 Å². The molecule has 0 saturated heterocycles. The van der Waals surface area contributed by atoms with E-state index in [-0.39, 0.29) is 0 Å². The van der Waals surface area contributed by atoms with Crippen molar-refractivity contribution >= 4 is 7.85 Å². The van der Waals surface area contributed by atoms with Crippen molar-refractivity contribution in [3.05, 3.63) is 0 Å². The summed E-state index contributed by atoms with van der Waals surface area (Å²) in [5.74, 6) is 1.88. The molecule has 0 aliphatic carbocycles. The van der Waals surface area contributed by atoms with Crippen LogP contribution in [0.2, 0.25) is 5.82 Å². The van der Waals surface area contributed by atoms with Gasteiger partial charge in [-0.25, -0.2) is 0 Å². The van der Waals surface area contributed by atoms with Crippen molar-refractivity contribution in [2.24, 2.45) is 5.92 Å². The van der Waals surface area contributed by atoms with E-state index in [1.54, 1.807) is 0 Å². The van der Waals surface area contributed by atoms with Crippen LogP contribution in [-0.4, -0.2) is 7.85 Å². The van der Waals surface area contributed by atoms with Crippen LogP contribution in [0.3, 0.4) is 0 Å². The molecule has 0 aromatic heterocycles. The molecule has 0 bridgehead atoms. The number of hydrogen-bond acceptors (Lipinski definition) is 0. The van der Waals surface area contributed by atoms with E-state index < -0.39 is 0 Å². The van der Waals surface area contributed by atoms with E-state index in [0.717, 1.165) is 11.7 Å². The average molecular weight is 168 g/mol. The largest absolute Gasteiger partial charge is 0.105 e. The first-order valence-electron chi connectivity index (χ1n) is 5.72. The van der Waals surface area contributed by atoms with Crippen LogP contribution in [0.25, 0.3) is 0 Å². The third kappa shape index (κ3) is 5.68. The van der Waals surface area contributed by atoms with E-state index in [4.69, 9.17) is 0 Å². The SMILES string of the molecule is BC(C)C(CCC)CCCCC. The van der Waals surface area contributed by atoms with Crippen molar-refractivity contribution in [1.82, 2.24) is 0 Å². The normalized spacial score (nSPS) is 15.9. The number of hydrogen-bond donors (Lipinski definition) is 0. The van der Waals surface area contributed by atoms with Crippen molar-refractivity contribution in [3.63, 3.8) is 0 Å². The molecule has 0 rings (SSSR count). The lowest BCUT2D eigenvalue weighted by Gasteiger charge is -2.19. The highest BCUT2D eigenvalue weighted by Gasteiger charge is 2.10. The summed E-state index contributed by atoms with van der Waals surface area (Å²) >= 11 is 0. The van der Waals surface area contributed by atoms with Gasteiger partial charge in [-0.3, -0.25) is 0 Å². The van der Waals surface area contributed by atoms with Crippen LogP contribution in [0, 0.1) is 5.92 Å². The Labute approximate surface area is 79.5 Å². The van der Waals surface area contributed by atoms with Crippen LogP contribution in [0.4, 0.5) is 0 Å².